The largest absolute Gasteiger partial charge is 0.481 e. The number of carbonyl (C=O) groups excluding carboxylic acids is 1. The first-order valence-electron chi connectivity index (χ1n) is 6.25. The Labute approximate surface area is 123 Å². The van der Waals surface area contributed by atoms with E-state index >= 15 is 0 Å². The van der Waals surface area contributed by atoms with Crippen LogP contribution in [-0.2, 0) is 19.6 Å². The summed E-state index contributed by atoms with van der Waals surface area (Å²) in [4.78, 5) is 22.3. The van der Waals surface area contributed by atoms with Gasteiger partial charge in [0.2, 0.25) is 15.9 Å². The van der Waals surface area contributed by atoms with Crippen molar-refractivity contribution in [3.8, 4) is 0 Å². The Bertz CT molecular complexity index is 627. The SMILES string of the molecule is CC(CC(=O)O)CC(=O)Nc1cccc(NS(C)(=O)=O)c1. The molecule has 0 spiro atoms. The van der Waals surface area contributed by atoms with Crippen LogP contribution >= 0.6 is 0 Å². The Morgan fingerprint density at radius 2 is 1.86 bits per heavy atom. The van der Waals surface area contributed by atoms with Gasteiger partial charge in [-0.25, -0.2) is 8.42 Å². The van der Waals surface area contributed by atoms with Gasteiger partial charge >= 0.3 is 5.97 Å². The van der Waals surface area contributed by atoms with Gasteiger partial charge in [-0.05, 0) is 24.1 Å². The Morgan fingerprint density at radius 1 is 1.24 bits per heavy atom. The van der Waals surface area contributed by atoms with Crippen molar-refractivity contribution in [3.63, 3.8) is 0 Å². The summed E-state index contributed by atoms with van der Waals surface area (Å²) in [5.41, 5.74) is 0.782. The number of rotatable bonds is 7. The molecule has 1 rings (SSSR count). The zero-order chi connectivity index (χ0) is 16.0. The van der Waals surface area contributed by atoms with Gasteiger partial charge in [-0.15, -0.1) is 0 Å². The molecule has 8 heteroatoms. The molecule has 0 aliphatic carbocycles. The topological polar surface area (TPSA) is 113 Å². The summed E-state index contributed by atoms with van der Waals surface area (Å²) in [5.74, 6) is -1.55. The second kappa shape index (κ2) is 7.07. The van der Waals surface area contributed by atoms with E-state index in [0.29, 0.717) is 11.4 Å². The summed E-state index contributed by atoms with van der Waals surface area (Å²) in [6.45, 7) is 1.68. The average molecular weight is 314 g/mol. The predicted molar refractivity (Wildman–Crippen MR) is 79.6 cm³/mol. The fourth-order valence-electron chi connectivity index (χ4n) is 1.77. The Balaban J connectivity index is 2.64. The van der Waals surface area contributed by atoms with Crippen LogP contribution in [0.5, 0.6) is 0 Å². The first kappa shape index (κ1) is 17.0. The van der Waals surface area contributed by atoms with Crippen LogP contribution in [0.4, 0.5) is 11.4 Å². The quantitative estimate of drug-likeness (QED) is 0.706. The van der Waals surface area contributed by atoms with Gasteiger partial charge in [-0.3, -0.25) is 14.3 Å². The molecule has 1 atom stereocenters. The molecule has 0 fully saturated rings. The van der Waals surface area contributed by atoms with Crippen LogP contribution in [0.3, 0.4) is 0 Å². The number of nitrogens with one attached hydrogen (secondary N) is 2. The minimum Gasteiger partial charge on any atom is -0.481 e. The molecule has 0 aromatic heterocycles. The lowest BCUT2D eigenvalue weighted by Crippen LogP contribution is -2.17. The summed E-state index contributed by atoms with van der Waals surface area (Å²) in [7, 11) is -3.38. The lowest BCUT2D eigenvalue weighted by atomic mass is 10.0. The van der Waals surface area contributed by atoms with E-state index in [1.807, 2.05) is 0 Å². The van der Waals surface area contributed by atoms with Crippen molar-refractivity contribution >= 4 is 33.3 Å². The minimum atomic E-state index is -3.38. The molecule has 1 aromatic rings. The van der Waals surface area contributed by atoms with E-state index in [1.165, 1.54) is 6.07 Å². The number of carbonyl (C=O) groups is 2. The number of amides is 1. The summed E-state index contributed by atoms with van der Waals surface area (Å²) < 4.78 is 24.6. The molecule has 3 N–H and O–H groups in total. The molecule has 0 aliphatic heterocycles. The smallest absolute Gasteiger partial charge is 0.303 e. The van der Waals surface area contributed by atoms with Crippen LogP contribution in [0, 0.1) is 5.92 Å². The van der Waals surface area contributed by atoms with Crippen LogP contribution in [0.25, 0.3) is 0 Å². The van der Waals surface area contributed by atoms with Crippen LogP contribution in [0.1, 0.15) is 19.8 Å². The van der Waals surface area contributed by atoms with Crippen molar-refractivity contribution in [1.82, 2.24) is 0 Å². The molecule has 116 valence electrons. The van der Waals surface area contributed by atoms with Crippen LogP contribution < -0.4 is 10.0 Å². The van der Waals surface area contributed by atoms with Gasteiger partial charge in [0, 0.05) is 18.5 Å². The number of carboxylic acid groups (broad SMARTS) is 1. The standard InChI is InChI=1S/C13H18N2O5S/c1-9(7-13(17)18)6-12(16)14-10-4-3-5-11(8-10)15-21(2,19)20/h3-5,8-9,15H,6-7H2,1-2H3,(H,14,16)(H,17,18). The van der Waals surface area contributed by atoms with Gasteiger partial charge in [-0.1, -0.05) is 13.0 Å². The third-order valence-corrected chi connectivity index (χ3v) is 3.11. The normalized spacial score (nSPS) is 12.5. The highest BCUT2D eigenvalue weighted by Crippen LogP contribution is 2.17. The zero-order valence-electron chi connectivity index (χ0n) is 11.8. The van der Waals surface area contributed by atoms with Crippen LogP contribution in [-0.4, -0.2) is 31.7 Å². The summed E-state index contributed by atoms with van der Waals surface area (Å²) in [6, 6.07) is 6.27. The molecule has 1 amide bonds. The Hall–Kier alpha value is -2.09. The number of hydrogen-bond acceptors (Lipinski definition) is 4. The molecule has 1 unspecified atom stereocenters. The highest BCUT2D eigenvalue weighted by atomic mass is 32.2. The maximum Gasteiger partial charge on any atom is 0.303 e. The third-order valence-electron chi connectivity index (χ3n) is 2.51. The number of carboxylic acids is 1. The summed E-state index contributed by atoms with van der Waals surface area (Å²) in [6.07, 6.45) is 1.03. The van der Waals surface area contributed by atoms with Crippen LogP contribution in [0.2, 0.25) is 0 Å². The molecule has 0 saturated heterocycles. The van der Waals surface area contributed by atoms with E-state index in [-0.39, 0.29) is 24.7 Å². The Kier molecular flexibility index (Phi) is 5.71. The maximum absolute atomic E-state index is 11.8. The molecule has 0 aliphatic rings. The van der Waals surface area contributed by atoms with Crippen LogP contribution in [0.15, 0.2) is 24.3 Å². The van der Waals surface area contributed by atoms with Gasteiger partial charge in [0.05, 0.1) is 11.9 Å². The fraction of sp³-hybridized carbons (Fsp3) is 0.385. The summed E-state index contributed by atoms with van der Waals surface area (Å²) >= 11 is 0. The number of anilines is 2. The van der Waals surface area contributed by atoms with E-state index in [4.69, 9.17) is 5.11 Å². The lowest BCUT2D eigenvalue weighted by molar-refractivity contribution is -0.138. The average Bonchev–Trinajstić information content (AvgIpc) is 2.24. The minimum absolute atomic E-state index is 0.0794. The van der Waals surface area contributed by atoms with Crippen molar-refractivity contribution in [2.45, 2.75) is 19.8 Å². The molecule has 0 heterocycles. The number of hydrogen-bond donors (Lipinski definition) is 3. The highest BCUT2D eigenvalue weighted by Gasteiger charge is 2.13. The van der Waals surface area contributed by atoms with Crippen molar-refractivity contribution in [2.75, 3.05) is 16.3 Å². The van der Waals surface area contributed by atoms with E-state index < -0.39 is 16.0 Å². The maximum atomic E-state index is 11.8. The molecular weight excluding hydrogens is 296 g/mol. The first-order chi connectivity index (χ1) is 9.65. The number of sulfonamides is 1. The van der Waals surface area contributed by atoms with Crippen molar-refractivity contribution in [2.24, 2.45) is 5.92 Å². The van der Waals surface area contributed by atoms with Crippen molar-refractivity contribution < 1.29 is 23.1 Å². The zero-order valence-corrected chi connectivity index (χ0v) is 12.6. The Morgan fingerprint density at radius 3 is 2.43 bits per heavy atom. The molecule has 1 aromatic carbocycles. The monoisotopic (exact) mass is 314 g/mol. The lowest BCUT2D eigenvalue weighted by Gasteiger charge is -2.10. The summed E-state index contributed by atoms with van der Waals surface area (Å²) in [5, 5.41) is 11.2. The van der Waals surface area contributed by atoms with Crippen molar-refractivity contribution in [1.29, 1.82) is 0 Å². The van der Waals surface area contributed by atoms with Gasteiger partial charge in [-0.2, -0.15) is 0 Å². The van der Waals surface area contributed by atoms with Gasteiger partial charge in [0.25, 0.3) is 0 Å². The number of benzene rings is 1. The fourth-order valence-corrected chi connectivity index (χ4v) is 2.33. The van der Waals surface area contributed by atoms with E-state index in [9.17, 15) is 18.0 Å². The van der Waals surface area contributed by atoms with E-state index in [2.05, 4.69) is 10.0 Å². The van der Waals surface area contributed by atoms with Gasteiger partial charge in [0.15, 0.2) is 0 Å². The second-order valence-electron chi connectivity index (χ2n) is 4.91. The van der Waals surface area contributed by atoms with E-state index in [0.717, 1.165) is 6.26 Å². The molecule has 21 heavy (non-hydrogen) atoms. The molecule has 0 saturated carbocycles. The number of aliphatic carboxylic acids is 1. The second-order valence-corrected chi connectivity index (χ2v) is 6.66. The van der Waals surface area contributed by atoms with Gasteiger partial charge < -0.3 is 10.4 Å². The molecular formula is C13H18N2O5S. The van der Waals surface area contributed by atoms with Crippen molar-refractivity contribution in [3.05, 3.63) is 24.3 Å². The molecule has 0 bridgehead atoms. The molecule has 7 nitrogen and oxygen atoms in total. The van der Waals surface area contributed by atoms with E-state index in [1.54, 1.807) is 25.1 Å². The van der Waals surface area contributed by atoms with Gasteiger partial charge in [0.1, 0.15) is 0 Å². The predicted octanol–water partition coefficient (Wildman–Crippen LogP) is 1.50. The third kappa shape index (κ3) is 7.31. The molecule has 0 radical (unpaired) electrons. The first-order valence-corrected chi connectivity index (χ1v) is 8.14. The highest BCUT2D eigenvalue weighted by molar-refractivity contribution is 7.92.